The van der Waals surface area contributed by atoms with Gasteiger partial charge in [-0.15, -0.1) is 0 Å². The number of fused-ring (bicyclic) bond motifs is 3. The normalized spacial score (nSPS) is 21.1. The van der Waals surface area contributed by atoms with E-state index in [1.807, 2.05) is 12.3 Å². The Bertz CT molecular complexity index is 472. The minimum absolute atomic E-state index is 0.506. The van der Waals surface area contributed by atoms with Crippen molar-refractivity contribution in [1.29, 1.82) is 0 Å². The van der Waals surface area contributed by atoms with E-state index < -0.39 is 0 Å². The summed E-state index contributed by atoms with van der Waals surface area (Å²) >= 11 is 0. The molecule has 0 bridgehead atoms. The lowest BCUT2D eigenvalue weighted by Gasteiger charge is -2.23. The minimum Gasteiger partial charge on any atom is -0.324 e. The number of pyridine rings is 1. The van der Waals surface area contributed by atoms with E-state index >= 15 is 0 Å². The topological polar surface area (TPSA) is 29.9 Å². The van der Waals surface area contributed by atoms with Crippen LogP contribution in [0.3, 0.4) is 0 Å². The van der Waals surface area contributed by atoms with Gasteiger partial charge in [0.05, 0.1) is 0 Å². The monoisotopic (exact) mass is 187 g/mol. The Labute approximate surface area is 82.8 Å². The summed E-state index contributed by atoms with van der Waals surface area (Å²) < 4.78 is 2.34. The van der Waals surface area contributed by atoms with Crippen molar-refractivity contribution in [2.75, 3.05) is 6.54 Å². The van der Waals surface area contributed by atoms with Gasteiger partial charge in [-0.05, 0) is 25.1 Å². The second-order valence-electron chi connectivity index (χ2n) is 3.90. The van der Waals surface area contributed by atoms with Crippen molar-refractivity contribution in [3.8, 4) is 0 Å². The van der Waals surface area contributed by atoms with Gasteiger partial charge in [-0.3, -0.25) is 0 Å². The molecule has 0 saturated heterocycles. The SMILES string of the molecule is C[C@@H]1CNCc2cc3cccnc3n21. The Kier molecular flexibility index (Phi) is 1.61. The van der Waals surface area contributed by atoms with Gasteiger partial charge in [0, 0.05) is 36.4 Å². The van der Waals surface area contributed by atoms with Crippen LogP contribution in [0, 0.1) is 0 Å². The first-order valence-corrected chi connectivity index (χ1v) is 5.02. The second kappa shape index (κ2) is 2.82. The van der Waals surface area contributed by atoms with Crippen molar-refractivity contribution in [2.24, 2.45) is 0 Å². The van der Waals surface area contributed by atoms with Gasteiger partial charge in [0.1, 0.15) is 5.65 Å². The zero-order chi connectivity index (χ0) is 9.54. The summed E-state index contributed by atoms with van der Waals surface area (Å²) in [5.74, 6) is 0. The first-order chi connectivity index (χ1) is 6.86. The lowest BCUT2D eigenvalue weighted by Crippen LogP contribution is -2.31. The molecule has 0 fully saturated rings. The van der Waals surface area contributed by atoms with Crippen molar-refractivity contribution >= 4 is 11.0 Å². The fraction of sp³-hybridized carbons (Fsp3) is 0.364. The third-order valence-electron chi connectivity index (χ3n) is 2.86. The molecule has 0 aromatic carbocycles. The van der Waals surface area contributed by atoms with E-state index in [1.54, 1.807) is 0 Å². The van der Waals surface area contributed by atoms with Gasteiger partial charge < -0.3 is 9.88 Å². The van der Waals surface area contributed by atoms with Gasteiger partial charge in [0.15, 0.2) is 0 Å². The van der Waals surface area contributed by atoms with Gasteiger partial charge in [-0.1, -0.05) is 0 Å². The molecule has 3 heterocycles. The summed E-state index contributed by atoms with van der Waals surface area (Å²) in [7, 11) is 0. The van der Waals surface area contributed by atoms with Crippen molar-refractivity contribution < 1.29 is 0 Å². The highest BCUT2D eigenvalue weighted by atomic mass is 15.1. The molecule has 1 aliphatic heterocycles. The predicted octanol–water partition coefficient (Wildman–Crippen LogP) is 1.70. The average molecular weight is 187 g/mol. The average Bonchev–Trinajstić information content (AvgIpc) is 2.57. The second-order valence-corrected chi connectivity index (χ2v) is 3.90. The number of nitrogens with zero attached hydrogens (tertiary/aromatic N) is 2. The molecular formula is C11H13N3. The highest BCUT2D eigenvalue weighted by molar-refractivity contribution is 5.77. The van der Waals surface area contributed by atoms with Crippen LogP contribution in [-0.4, -0.2) is 16.1 Å². The van der Waals surface area contributed by atoms with E-state index in [1.165, 1.54) is 11.1 Å². The van der Waals surface area contributed by atoms with Gasteiger partial charge in [-0.2, -0.15) is 0 Å². The zero-order valence-corrected chi connectivity index (χ0v) is 8.20. The van der Waals surface area contributed by atoms with Crippen LogP contribution in [0.25, 0.3) is 11.0 Å². The molecule has 0 radical (unpaired) electrons. The molecule has 0 unspecified atom stereocenters. The van der Waals surface area contributed by atoms with Crippen LogP contribution >= 0.6 is 0 Å². The van der Waals surface area contributed by atoms with E-state index in [-0.39, 0.29) is 0 Å². The molecule has 2 aromatic heterocycles. The third kappa shape index (κ3) is 0.990. The molecule has 1 N–H and O–H groups in total. The molecule has 0 aliphatic carbocycles. The van der Waals surface area contributed by atoms with Crippen LogP contribution in [-0.2, 0) is 6.54 Å². The van der Waals surface area contributed by atoms with Crippen LogP contribution in [0.5, 0.6) is 0 Å². The third-order valence-corrected chi connectivity index (χ3v) is 2.86. The lowest BCUT2D eigenvalue weighted by molar-refractivity contribution is 0.437. The summed E-state index contributed by atoms with van der Waals surface area (Å²) in [5.41, 5.74) is 2.47. The zero-order valence-electron chi connectivity index (χ0n) is 8.20. The van der Waals surface area contributed by atoms with Gasteiger partial charge >= 0.3 is 0 Å². The van der Waals surface area contributed by atoms with E-state index in [4.69, 9.17) is 0 Å². The summed E-state index contributed by atoms with van der Waals surface area (Å²) in [6, 6.07) is 6.85. The van der Waals surface area contributed by atoms with Crippen LogP contribution in [0.2, 0.25) is 0 Å². The van der Waals surface area contributed by atoms with E-state index in [0.29, 0.717) is 6.04 Å². The molecule has 0 spiro atoms. The summed E-state index contributed by atoms with van der Waals surface area (Å²) in [4.78, 5) is 4.44. The fourth-order valence-electron chi connectivity index (χ4n) is 2.24. The highest BCUT2D eigenvalue weighted by Crippen LogP contribution is 2.24. The smallest absolute Gasteiger partial charge is 0.140 e. The van der Waals surface area contributed by atoms with E-state index in [9.17, 15) is 0 Å². The summed E-state index contributed by atoms with van der Waals surface area (Å²) in [6.07, 6.45) is 1.87. The van der Waals surface area contributed by atoms with E-state index in [0.717, 1.165) is 18.7 Å². The van der Waals surface area contributed by atoms with Crippen LogP contribution < -0.4 is 5.32 Å². The fourth-order valence-corrected chi connectivity index (χ4v) is 2.24. The van der Waals surface area contributed by atoms with Crippen molar-refractivity contribution in [2.45, 2.75) is 19.5 Å². The number of rotatable bonds is 0. The van der Waals surface area contributed by atoms with E-state index in [2.05, 4.69) is 33.9 Å². The molecular weight excluding hydrogens is 174 g/mol. The van der Waals surface area contributed by atoms with Gasteiger partial charge in [0.2, 0.25) is 0 Å². The van der Waals surface area contributed by atoms with Gasteiger partial charge in [0.25, 0.3) is 0 Å². The van der Waals surface area contributed by atoms with Crippen molar-refractivity contribution in [3.63, 3.8) is 0 Å². The largest absolute Gasteiger partial charge is 0.324 e. The number of nitrogens with one attached hydrogen (secondary N) is 1. The maximum absolute atomic E-state index is 4.44. The Balaban J connectivity index is 2.34. The van der Waals surface area contributed by atoms with Crippen LogP contribution in [0.15, 0.2) is 24.4 Å². The maximum atomic E-state index is 4.44. The first kappa shape index (κ1) is 8.00. The van der Waals surface area contributed by atoms with Crippen molar-refractivity contribution in [3.05, 3.63) is 30.1 Å². The van der Waals surface area contributed by atoms with Crippen LogP contribution in [0.1, 0.15) is 18.7 Å². The Morgan fingerprint density at radius 3 is 3.43 bits per heavy atom. The lowest BCUT2D eigenvalue weighted by atomic mass is 10.2. The molecule has 3 heteroatoms. The summed E-state index contributed by atoms with van der Waals surface area (Å²) in [6.45, 7) is 4.22. The molecule has 1 atom stereocenters. The Hall–Kier alpha value is -1.35. The molecule has 0 saturated carbocycles. The molecule has 3 rings (SSSR count). The molecule has 14 heavy (non-hydrogen) atoms. The molecule has 1 aliphatic rings. The molecule has 0 amide bonds. The summed E-state index contributed by atoms with van der Waals surface area (Å²) in [5, 5.41) is 4.65. The number of hydrogen-bond donors (Lipinski definition) is 1. The predicted molar refractivity (Wildman–Crippen MR) is 56.2 cm³/mol. The van der Waals surface area contributed by atoms with Crippen molar-refractivity contribution in [1.82, 2.24) is 14.9 Å². The van der Waals surface area contributed by atoms with Gasteiger partial charge in [-0.25, -0.2) is 4.98 Å². The molecule has 2 aromatic rings. The molecule has 72 valence electrons. The number of hydrogen-bond acceptors (Lipinski definition) is 2. The van der Waals surface area contributed by atoms with Crippen LogP contribution in [0.4, 0.5) is 0 Å². The maximum Gasteiger partial charge on any atom is 0.140 e. The highest BCUT2D eigenvalue weighted by Gasteiger charge is 2.18. The quantitative estimate of drug-likeness (QED) is 0.680. The number of aromatic nitrogens is 2. The standard InChI is InChI=1S/C11H13N3/c1-8-6-12-7-10-5-9-3-2-4-13-11(9)14(8)10/h2-5,8,12H,6-7H2,1H3/t8-/m1/s1. The Morgan fingerprint density at radius 1 is 1.57 bits per heavy atom. The Morgan fingerprint density at radius 2 is 2.50 bits per heavy atom. The first-order valence-electron chi connectivity index (χ1n) is 5.02. The minimum atomic E-state index is 0.506. The molecule has 3 nitrogen and oxygen atoms in total.